The smallest absolute Gasteiger partial charge is 0.407 e. The van der Waals surface area contributed by atoms with Crippen LogP contribution < -0.4 is 27.4 Å². The van der Waals surface area contributed by atoms with Gasteiger partial charge in [0.15, 0.2) is 0 Å². The van der Waals surface area contributed by atoms with E-state index in [2.05, 4.69) is 16.0 Å². The first-order valence-electron chi connectivity index (χ1n) is 18.1. The maximum absolute atomic E-state index is 13.9. The van der Waals surface area contributed by atoms with Crippen molar-refractivity contribution in [3.05, 3.63) is 71.8 Å². The number of carbonyl (C=O) groups is 5. The fourth-order valence-corrected chi connectivity index (χ4v) is 6.93. The Bertz CT molecular complexity index is 1460. The van der Waals surface area contributed by atoms with E-state index < -0.39 is 48.0 Å². The van der Waals surface area contributed by atoms with Crippen LogP contribution in [0.15, 0.2) is 60.7 Å². The number of piperidine rings is 1. The Kier molecular flexibility index (Phi) is 14.4. The van der Waals surface area contributed by atoms with Crippen LogP contribution >= 0.6 is 0 Å². The highest BCUT2D eigenvalue weighted by Gasteiger charge is 2.48. The Morgan fingerprint density at radius 1 is 0.745 bits per heavy atom. The number of rotatable bonds is 17. The number of nitrogens with one attached hydrogen (secondary N) is 3. The topological polar surface area (TPSA) is 200 Å². The van der Waals surface area contributed by atoms with Gasteiger partial charge < -0.3 is 42.3 Å². The highest BCUT2D eigenvalue weighted by molar-refractivity contribution is 5.95. The summed E-state index contributed by atoms with van der Waals surface area (Å²) in [6.45, 7) is 6.25. The largest absolute Gasteiger partial charge is 0.465 e. The molecule has 278 valence electrons. The van der Waals surface area contributed by atoms with Gasteiger partial charge in [0.2, 0.25) is 23.6 Å². The van der Waals surface area contributed by atoms with Gasteiger partial charge in [-0.15, -0.1) is 0 Å². The standard InChI is InChI=1S/C38H55N7O6/c1-26(2)21-31(34(47)41-30(15-9-10-18-39)36(49)44-19-16-38(17-20-44)24-45(25-38)37(50)51)43-35(48)32(23-28-13-7-4-8-14-28)42-33(46)29(40)22-27-11-5-3-6-12-27/h3-8,11-14,26,29-32H,9-10,15-25,39-40H2,1-2H3,(H,41,47)(H,42,46)(H,43,48)(H,50,51). The molecular formula is C38H55N7O6. The number of nitrogens with zero attached hydrogens (tertiary/aromatic N) is 2. The average molecular weight is 706 g/mol. The first-order valence-corrected chi connectivity index (χ1v) is 18.1. The molecular weight excluding hydrogens is 650 g/mol. The SMILES string of the molecule is CC(C)CC(NC(=O)C(Cc1ccccc1)NC(=O)C(N)Cc1ccccc1)C(=O)NC(CCCCN)C(=O)N1CCC2(CC1)CN(C(=O)O)C2. The lowest BCUT2D eigenvalue weighted by atomic mass is 9.72. The van der Waals surface area contributed by atoms with Crippen LogP contribution in [0.5, 0.6) is 0 Å². The van der Waals surface area contributed by atoms with Crippen molar-refractivity contribution in [2.75, 3.05) is 32.7 Å². The number of hydrogen-bond donors (Lipinski definition) is 6. The zero-order chi connectivity index (χ0) is 37.0. The van der Waals surface area contributed by atoms with Crippen molar-refractivity contribution >= 4 is 29.7 Å². The molecule has 0 aromatic heterocycles. The second-order valence-corrected chi connectivity index (χ2v) is 14.5. The predicted molar refractivity (Wildman–Crippen MR) is 194 cm³/mol. The molecule has 2 saturated heterocycles. The molecule has 0 radical (unpaired) electrons. The van der Waals surface area contributed by atoms with Gasteiger partial charge >= 0.3 is 6.09 Å². The number of carboxylic acid groups (broad SMARTS) is 1. The molecule has 4 unspecified atom stereocenters. The van der Waals surface area contributed by atoms with E-state index in [9.17, 15) is 29.1 Å². The number of carbonyl (C=O) groups excluding carboxylic acids is 4. The molecule has 13 nitrogen and oxygen atoms in total. The predicted octanol–water partition coefficient (Wildman–Crippen LogP) is 2.03. The number of benzene rings is 2. The molecule has 0 aliphatic carbocycles. The third kappa shape index (κ3) is 11.5. The maximum Gasteiger partial charge on any atom is 0.407 e. The highest BCUT2D eigenvalue weighted by Crippen LogP contribution is 2.40. The summed E-state index contributed by atoms with van der Waals surface area (Å²) in [5.41, 5.74) is 13.6. The second kappa shape index (κ2) is 18.7. The van der Waals surface area contributed by atoms with E-state index in [1.165, 1.54) is 4.90 Å². The van der Waals surface area contributed by atoms with E-state index in [1.54, 1.807) is 4.90 Å². The van der Waals surface area contributed by atoms with Gasteiger partial charge in [-0.2, -0.15) is 0 Å². The molecule has 2 aromatic carbocycles. The van der Waals surface area contributed by atoms with Gasteiger partial charge in [0.05, 0.1) is 6.04 Å². The highest BCUT2D eigenvalue weighted by atomic mass is 16.4. The van der Waals surface area contributed by atoms with Gasteiger partial charge in [-0.1, -0.05) is 74.5 Å². The van der Waals surface area contributed by atoms with Crippen LogP contribution in [0.2, 0.25) is 0 Å². The molecule has 0 bridgehead atoms. The first-order chi connectivity index (χ1) is 24.4. The minimum Gasteiger partial charge on any atom is -0.465 e. The zero-order valence-electron chi connectivity index (χ0n) is 29.9. The van der Waals surface area contributed by atoms with Gasteiger partial charge in [0, 0.05) is 38.0 Å². The van der Waals surface area contributed by atoms with Crippen molar-refractivity contribution in [3.63, 3.8) is 0 Å². The average Bonchev–Trinajstić information content (AvgIpc) is 3.09. The fraction of sp³-hybridized carbons (Fsp3) is 0.553. The Balaban J connectivity index is 1.44. The fourth-order valence-electron chi connectivity index (χ4n) is 6.93. The summed E-state index contributed by atoms with van der Waals surface area (Å²) in [5, 5.41) is 17.9. The monoisotopic (exact) mass is 705 g/mol. The first kappa shape index (κ1) is 39.3. The summed E-state index contributed by atoms with van der Waals surface area (Å²) in [4.78, 5) is 69.4. The van der Waals surface area contributed by atoms with Crippen molar-refractivity contribution in [3.8, 4) is 0 Å². The Hall–Kier alpha value is -4.49. The van der Waals surface area contributed by atoms with E-state index in [0.29, 0.717) is 77.7 Å². The molecule has 4 atom stereocenters. The Morgan fingerprint density at radius 2 is 1.27 bits per heavy atom. The molecule has 8 N–H and O–H groups in total. The van der Waals surface area contributed by atoms with Crippen molar-refractivity contribution in [1.82, 2.24) is 25.8 Å². The molecule has 13 heteroatoms. The molecule has 4 rings (SSSR count). The lowest BCUT2D eigenvalue weighted by Crippen LogP contribution is -2.63. The zero-order valence-corrected chi connectivity index (χ0v) is 29.9. The third-order valence-corrected chi connectivity index (χ3v) is 9.91. The number of nitrogens with two attached hydrogens (primary N) is 2. The summed E-state index contributed by atoms with van der Waals surface area (Å²) in [6, 6.07) is 15.0. The van der Waals surface area contributed by atoms with E-state index >= 15 is 0 Å². The van der Waals surface area contributed by atoms with Crippen molar-refractivity contribution in [2.45, 2.75) is 89.4 Å². The Morgan fingerprint density at radius 3 is 1.82 bits per heavy atom. The molecule has 51 heavy (non-hydrogen) atoms. The van der Waals surface area contributed by atoms with Gasteiger partial charge in [0.1, 0.15) is 18.1 Å². The van der Waals surface area contributed by atoms with E-state index in [-0.39, 0.29) is 23.7 Å². The van der Waals surface area contributed by atoms with E-state index in [4.69, 9.17) is 11.5 Å². The van der Waals surface area contributed by atoms with Crippen molar-refractivity contribution in [1.29, 1.82) is 0 Å². The minimum absolute atomic E-state index is 0.0278. The van der Waals surface area contributed by atoms with Crippen LogP contribution in [0.1, 0.15) is 63.5 Å². The quantitative estimate of drug-likeness (QED) is 0.134. The summed E-state index contributed by atoms with van der Waals surface area (Å²) < 4.78 is 0. The lowest BCUT2D eigenvalue weighted by Gasteiger charge is -2.53. The Labute approximate surface area is 300 Å². The van der Waals surface area contributed by atoms with Crippen LogP contribution in [-0.2, 0) is 32.0 Å². The third-order valence-electron chi connectivity index (χ3n) is 9.91. The molecule has 0 saturated carbocycles. The van der Waals surface area contributed by atoms with Gasteiger partial charge in [-0.05, 0) is 68.5 Å². The molecule has 2 aromatic rings. The van der Waals surface area contributed by atoms with E-state index in [1.807, 2.05) is 74.5 Å². The molecule has 5 amide bonds. The molecule has 2 aliphatic rings. The number of unbranched alkanes of at least 4 members (excludes halogenated alkanes) is 1. The molecule has 2 aliphatic heterocycles. The summed E-state index contributed by atoms with van der Waals surface area (Å²) in [5.74, 6) is -1.64. The van der Waals surface area contributed by atoms with Gasteiger partial charge in [0.25, 0.3) is 0 Å². The van der Waals surface area contributed by atoms with Crippen molar-refractivity contribution < 1.29 is 29.1 Å². The summed E-state index contributed by atoms with van der Waals surface area (Å²) in [7, 11) is 0. The molecule has 2 fully saturated rings. The van der Waals surface area contributed by atoms with Gasteiger partial charge in [-0.25, -0.2) is 4.79 Å². The van der Waals surface area contributed by atoms with E-state index in [0.717, 1.165) is 11.1 Å². The minimum atomic E-state index is -1.00. The van der Waals surface area contributed by atoms with Gasteiger partial charge in [-0.3, -0.25) is 19.2 Å². The second-order valence-electron chi connectivity index (χ2n) is 14.5. The normalized spacial score (nSPS) is 17.5. The van der Waals surface area contributed by atoms with Crippen LogP contribution in [0.3, 0.4) is 0 Å². The number of likely N-dealkylation sites (tertiary alicyclic amines) is 2. The number of amides is 5. The molecule has 1 spiro atoms. The van der Waals surface area contributed by atoms with Crippen LogP contribution in [0.4, 0.5) is 4.79 Å². The molecule has 2 heterocycles. The number of hydrogen-bond acceptors (Lipinski definition) is 7. The van der Waals surface area contributed by atoms with Crippen LogP contribution in [-0.4, -0.2) is 102 Å². The van der Waals surface area contributed by atoms with Crippen LogP contribution in [0, 0.1) is 11.3 Å². The van der Waals surface area contributed by atoms with Crippen LogP contribution in [0.25, 0.3) is 0 Å². The summed E-state index contributed by atoms with van der Waals surface area (Å²) >= 11 is 0. The lowest BCUT2D eigenvalue weighted by molar-refractivity contribution is -0.141. The summed E-state index contributed by atoms with van der Waals surface area (Å²) in [6.07, 6.45) is 2.98. The van der Waals surface area contributed by atoms with Crippen molar-refractivity contribution in [2.24, 2.45) is 22.8 Å². The maximum atomic E-state index is 13.9.